The highest BCUT2D eigenvalue weighted by molar-refractivity contribution is 5.98. The van der Waals surface area contributed by atoms with Crippen molar-refractivity contribution in [2.24, 2.45) is 5.92 Å². The summed E-state index contributed by atoms with van der Waals surface area (Å²) in [6.45, 7) is 5.36. The molecule has 132 valence electrons. The van der Waals surface area contributed by atoms with Gasteiger partial charge in [0.15, 0.2) is 0 Å². The highest BCUT2D eigenvalue weighted by atomic mass is 16.5. The molecule has 3 N–H and O–H groups in total. The molecule has 7 nitrogen and oxygen atoms in total. The SMILES string of the molecule is Cc1ccccc1C(=O)NC(C(=O)NCCOCC(=O)O)C(C)C. The normalized spacial score (nSPS) is 11.8. The molecule has 0 bridgehead atoms. The minimum atomic E-state index is -1.06. The molecule has 1 atom stereocenters. The van der Waals surface area contributed by atoms with Crippen LogP contribution in [0.4, 0.5) is 0 Å². The van der Waals surface area contributed by atoms with Crippen LogP contribution in [0.2, 0.25) is 0 Å². The van der Waals surface area contributed by atoms with Gasteiger partial charge in [-0.1, -0.05) is 32.0 Å². The molecule has 1 rings (SSSR count). The van der Waals surface area contributed by atoms with Gasteiger partial charge in [-0.3, -0.25) is 9.59 Å². The highest BCUT2D eigenvalue weighted by Gasteiger charge is 2.24. The van der Waals surface area contributed by atoms with Crippen LogP contribution >= 0.6 is 0 Å². The fourth-order valence-electron chi connectivity index (χ4n) is 2.10. The maximum Gasteiger partial charge on any atom is 0.329 e. The lowest BCUT2D eigenvalue weighted by molar-refractivity contribution is -0.142. The number of ether oxygens (including phenoxy) is 1. The van der Waals surface area contributed by atoms with Crippen molar-refractivity contribution in [3.63, 3.8) is 0 Å². The Morgan fingerprint density at radius 1 is 1.21 bits per heavy atom. The topological polar surface area (TPSA) is 105 Å². The molecule has 0 aromatic heterocycles. The Balaban J connectivity index is 2.57. The minimum absolute atomic E-state index is 0.0919. The first-order valence-corrected chi connectivity index (χ1v) is 7.76. The number of carbonyl (C=O) groups is 3. The number of benzene rings is 1. The van der Waals surface area contributed by atoms with Crippen molar-refractivity contribution in [3.8, 4) is 0 Å². The third-order valence-corrected chi connectivity index (χ3v) is 3.40. The van der Waals surface area contributed by atoms with Crippen molar-refractivity contribution in [3.05, 3.63) is 35.4 Å². The Labute approximate surface area is 141 Å². The van der Waals surface area contributed by atoms with Crippen LogP contribution in [0.3, 0.4) is 0 Å². The van der Waals surface area contributed by atoms with Gasteiger partial charge >= 0.3 is 5.97 Å². The molecular weight excluding hydrogens is 312 g/mol. The molecule has 0 fully saturated rings. The lowest BCUT2D eigenvalue weighted by Crippen LogP contribution is -2.50. The second-order valence-corrected chi connectivity index (χ2v) is 5.75. The van der Waals surface area contributed by atoms with Crippen LogP contribution in [-0.4, -0.2) is 48.7 Å². The summed E-state index contributed by atoms with van der Waals surface area (Å²) < 4.78 is 4.85. The van der Waals surface area contributed by atoms with Crippen LogP contribution in [0.1, 0.15) is 29.8 Å². The highest BCUT2D eigenvalue weighted by Crippen LogP contribution is 2.09. The molecule has 1 unspecified atom stereocenters. The Hall–Kier alpha value is -2.41. The van der Waals surface area contributed by atoms with E-state index >= 15 is 0 Å². The van der Waals surface area contributed by atoms with E-state index < -0.39 is 18.6 Å². The number of aryl methyl sites for hydroxylation is 1. The fourth-order valence-corrected chi connectivity index (χ4v) is 2.10. The van der Waals surface area contributed by atoms with Gasteiger partial charge in [-0.05, 0) is 24.5 Å². The van der Waals surface area contributed by atoms with Gasteiger partial charge in [-0.25, -0.2) is 4.79 Å². The Morgan fingerprint density at radius 2 is 1.88 bits per heavy atom. The first-order valence-electron chi connectivity index (χ1n) is 7.76. The van der Waals surface area contributed by atoms with Crippen LogP contribution in [0, 0.1) is 12.8 Å². The monoisotopic (exact) mass is 336 g/mol. The van der Waals surface area contributed by atoms with Crippen molar-refractivity contribution < 1.29 is 24.2 Å². The first kappa shape index (κ1) is 19.6. The van der Waals surface area contributed by atoms with E-state index in [1.165, 1.54) is 0 Å². The van der Waals surface area contributed by atoms with E-state index in [0.29, 0.717) is 5.56 Å². The van der Waals surface area contributed by atoms with Gasteiger partial charge in [0, 0.05) is 12.1 Å². The summed E-state index contributed by atoms with van der Waals surface area (Å²) in [6.07, 6.45) is 0. The van der Waals surface area contributed by atoms with E-state index in [9.17, 15) is 14.4 Å². The summed E-state index contributed by atoms with van der Waals surface area (Å²) in [4.78, 5) is 34.9. The number of aliphatic carboxylic acids is 1. The number of hydrogen-bond donors (Lipinski definition) is 3. The minimum Gasteiger partial charge on any atom is -0.480 e. The molecule has 0 heterocycles. The van der Waals surface area contributed by atoms with E-state index in [4.69, 9.17) is 9.84 Å². The molecule has 0 saturated carbocycles. The van der Waals surface area contributed by atoms with Gasteiger partial charge in [0.25, 0.3) is 5.91 Å². The number of hydrogen-bond acceptors (Lipinski definition) is 4. The molecule has 2 amide bonds. The van der Waals surface area contributed by atoms with Crippen LogP contribution in [-0.2, 0) is 14.3 Å². The van der Waals surface area contributed by atoms with E-state index in [1.54, 1.807) is 12.1 Å². The first-order chi connectivity index (χ1) is 11.3. The zero-order chi connectivity index (χ0) is 18.1. The van der Waals surface area contributed by atoms with E-state index in [0.717, 1.165) is 5.56 Å². The summed E-state index contributed by atoms with van der Waals surface area (Å²) in [5, 5.41) is 13.8. The second-order valence-electron chi connectivity index (χ2n) is 5.75. The molecule has 0 radical (unpaired) electrons. The van der Waals surface area contributed by atoms with Crippen LogP contribution in [0.25, 0.3) is 0 Å². The molecule has 0 saturated heterocycles. The van der Waals surface area contributed by atoms with Gasteiger partial charge in [-0.15, -0.1) is 0 Å². The standard InChI is InChI=1S/C17H24N2O5/c1-11(2)15(17(23)18-8-9-24-10-14(20)21)19-16(22)13-7-5-4-6-12(13)3/h4-7,11,15H,8-10H2,1-3H3,(H,18,23)(H,19,22)(H,20,21). The average Bonchev–Trinajstić information content (AvgIpc) is 2.51. The quantitative estimate of drug-likeness (QED) is 0.583. The Kier molecular flexibility index (Phi) is 7.91. The van der Waals surface area contributed by atoms with E-state index in [2.05, 4.69) is 10.6 Å². The van der Waals surface area contributed by atoms with Gasteiger partial charge < -0.3 is 20.5 Å². The molecule has 0 aliphatic heterocycles. The molecule has 1 aromatic rings. The van der Waals surface area contributed by atoms with Crippen LogP contribution in [0.15, 0.2) is 24.3 Å². The van der Waals surface area contributed by atoms with Crippen molar-refractivity contribution in [1.29, 1.82) is 0 Å². The van der Waals surface area contributed by atoms with Gasteiger partial charge in [-0.2, -0.15) is 0 Å². The lowest BCUT2D eigenvalue weighted by Gasteiger charge is -2.22. The Bertz CT molecular complexity index is 586. The largest absolute Gasteiger partial charge is 0.480 e. The summed E-state index contributed by atoms with van der Waals surface area (Å²) in [5.41, 5.74) is 1.36. The summed E-state index contributed by atoms with van der Waals surface area (Å²) >= 11 is 0. The van der Waals surface area contributed by atoms with E-state index in [-0.39, 0.29) is 30.9 Å². The zero-order valence-electron chi connectivity index (χ0n) is 14.2. The number of amides is 2. The van der Waals surface area contributed by atoms with Gasteiger partial charge in [0.05, 0.1) is 6.61 Å². The van der Waals surface area contributed by atoms with E-state index in [1.807, 2.05) is 32.9 Å². The molecule has 0 aliphatic carbocycles. The predicted octanol–water partition coefficient (Wildman–Crippen LogP) is 0.967. The number of carboxylic acid groups (broad SMARTS) is 1. The maximum atomic E-state index is 12.4. The fraction of sp³-hybridized carbons (Fsp3) is 0.471. The predicted molar refractivity (Wildman–Crippen MR) is 88.7 cm³/mol. The van der Waals surface area contributed by atoms with Crippen molar-refractivity contribution in [1.82, 2.24) is 10.6 Å². The molecule has 24 heavy (non-hydrogen) atoms. The van der Waals surface area contributed by atoms with Crippen LogP contribution < -0.4 is 10.6 Å². The van der Waals surface area contributed by atoms with Crippen molar-refractivity contribution in [2.45, 2.75) is 26.8 Å². The number of carboxylic acids is 1. The molecule has 0 spiro atoms. The molecular formula is C17H24N2O5. The van der Waals surface area contributed by atoms with Crippen LogP contribution in [0.5, 0.6) is 0 Å². The maximum absolute atomic E-state index is 12.4. The zero-order valence-corrected chi connectivity index (χ0v) is 14.2. The second kappa shape index (κ2) is 9.67. The number of carbonyl (C=O) groups excluding carboxylic acids is 2. The van der Waals surface area contributed by atoms with Crippen molar-refractivity contribution >= 4 is 17.8 Å². The number of nitrogens with one attached hydrogen (secondary N) is 2. The van der Waals surface area contributed by atoms with Crippen molar-refractivity contribution in [2.75, 3.05) is 19.8 Å². The third kappa shape index (κ3) is 6.37. The summed E-state index contributed by atoms with van der Waals surface area (Å²) in [6, 6.07) is 6.47. The summed E-state index contributed by atoms with van der Waals surface area (Å²) in [7, 11) is 0. The molecule has 7 heteroatoms. The molecule has 0 aliphatic rings. The third-order valence-electron chi connectivity index (χ3n) is 3.40. The van der Waals surface area contributed by atoms with Gasteiger partial charge in [0.1, 0.15) is 12.6 Å². The molecule has 1 aromatic carbocycles. The van der Waals surface area contributed by atoms with Gasteiger partial charge in [0.2, 0.25) is 5.91 Å². The number of rotatable bonds is 9. The Morgan fingerprint density at radius 3 is 2.46 bits per heavy atom. The average molecular weight is 336 g/mol. The lowest BCUT2D eigenvalue weighted by atomic mass is 10.0. The summed E-state index contributed by atoms with van der Waals surface area (Å²) in [5.74, 6) is -1.79. The smallest absolute Gasteiger partial charge is 0.329 e.